The number of aromatic nitrogens is 2. The topological polar surface area (TPSA) is 75.3 Å². The van der Waals surface area contributed by atoms with Crippen molar-refractivity contribution >= 4 is 29.9 Å². The first-order chi connectivity index (χ1) is 8.26. The SMILES string of the molecule is C#CCNC(=NCCc1nc(C)no1)NCC.I. The number of terminal acetylenes is 1. The normalized spacial score (nSPS) is 10.4. The van der Waals surface area contributed by atoms with E-state index in [4.69, 9.17) is 10.9 Å². The molecule has 100 valence electrons. The fraction of sp³-hybridized carbons (Fsp3) is 0.545. The van der Waals surface area contributed by atoms with Crippen LogP contribution in [0.25, 0.3) is 0 Å². The summed E-state index contributed by atoms with van der Waals surface area (Å²) in [5.41, 5.74) is 0. The number of nitrogens with zero attached hydrogens (tertiary/aromatic N) is 3. The zero-order valence-electron chi connectivity index (χ0n) is 10.6. The lowest BCUT2D eigenvalue weighted by Gasteiger charge is -2.07. The monoisotopic (exact) mass is 363 g/mol. The summed E-state index contributed by atoms with van der Waals surface area (Å²) in [4.78, 5) is 8.42. The van der Waals surface area contributed by atoms with Gasteiger partial charge in [0.15, 0.2) is 11.8 Å². The molecule has 7 heteroatoms. The molecule has 1 heterocycles. The number of aliphatic imine (C=N–C) groups is 1. The zero-order valence-corrected chi connectivity index (χ0v) is 12.9. The highest BCUT2D eigenvalue weighted by atomic mass is 127. The molecule has 0 unspecified atom stereocenters. The Bertz CT molecular complexity index is 410. The quantitative estimate of drug-likeness (QED) is 0.349. The van der Waals surface area contributed by atoms with Crippen LogP contribution in [0.1, 0.15) is 18.6 Å². The van der Waals surface area contributed by atoms with Crippen molar-refractivity contribution in [2.45, 2.75) is 20.3 Å². The van der Waals surface area contributed by atoms with Gasteiger partial charge in [-0.25, -0.2) is 0 Å². The standard InChI is InChI=1S/C11H17N5O.HI/c1-4-7-13-11(12-5-2)14-8-6-10-15-9(3)16-17-10;/h1H,5-8H2,2-3H3,(H2,12,13,14);1H. The number of hydrogen-bond donors (Lipinski definition) is 2. The minimum Gasteiger partial charge on any atom is -0.357 e. The van der Waals surface area contributed by atoms with Gasteiger partial charge in [0.2, 0.25) is 5.89 Å². The van der Waals surface area contributed by atoms with Crippen LogP contribution in [0.2, 0.25) is 0 Å². The van der Waals surface area contributed by atoms with E-state index in [0.717, 1.165) is 6.54 Å². The van der Waals surface area contributed by atoms with Crippen molar-refractivity contribution in [3.63, 3.8) is 0 Å². The van der Waals surface area contributed by atoms with Crippen molar-refractivity contribution in [2.24, 2.45) is 4.99 Å². The van der Waals surface area contributed by atoms with Crippen LogP contribution in [-0.2, 0) is 6.42 Å². The van der Waals surface area contributed by atoms with E-state index in [2.05, 4.69) is 31.7 Å². The van der Waals surface area contributed by atoms with Gasteiger partial charge in [0.25, 0.3) is 0 Å². The van der Waals surface area contributed by atoms with Gasteiger partial charge in [-0.05, 0) is 13.8 Å². The summed E-state index contributed by atoms with van der Waals surface area (Å²) in [7, 11) is 0. The minimum atomic E-state index is 0. The smallest absolute Gasteiger partial charge is 0.228 e. The third-order valence-electron chi connectivity index (χ3n) is 1.87. The molecule has 0 saturated carbocycles. The third-order valence-corrected chi connectivity index (χ3v) is 1.87. The van der Waals surface area contributed by atoms with Crippen LogP contribution in [0.4, 0.5) is 0 Å². The highest BCUT2D eigenvalue weighted by molar-refractivity contribution is 14.0. The Morgan fingerprint density at radius 2 is 2.28 bits per heavy atom. The zero-order chi connectivity index (χ0) is 12.5. The first-order valence-electron chi connectivity index (χ1n) is 5.51. The van der Waals surface area contributed by atoms with E-state index in [-0.39, 0.29) is 24.0 Å². The van der Waals surface area contributed by atoms with Crippen LogP contribution >= 0.6 is 24.0 Å². The Morgan fingerprint density at radius 3 is 2.83 bits per heavy atom. The summed E-state index contributed by atoms with van der Waals surface area (Å²) >= 11 is 0. The van der Waals surface area contributed by atoms with Crippen molar-refractivity contribution in [1.29, 1.82) is 0 Å². The minimum absolute atomic E-state index is 0. The molecule has 1 aromatic heterocycles. The molecule has 0 aliphatic rings. The molecule has 1 rings (SSSR count). The van der Waals surface area contributed by atoms with Gasteiger partial charge in [-0.2, -0.15) is 4.98 Å². The second kappa shape index (κ2) is 9.70. The number of halogens is 1. The van der Waals surface area contributed by atoms with E-state index < -0.39 is 0 Å². The molecule has 2 N–H and O–H groups in total. The fourth-order valence-electron chi connectivity index (χ4n) is 1.18. The third kappa shape index (κ3) is 6.44. The van der Waals surface area contributed by atoms with E-state index in [1.54, 1.807) is 6.92 Å². The van der Waals surface area contributed by atoms with Crippen molar-refractivity contribution in [3.05, 3.63) is 11.7 Å². The molecular weight excluding hydrogens is 345 g/mol. The highest BCUT2D eigenvalue weighted by Crippen LogP contribution is 1.96. The van der Waals surface area contributed by atoms with Gasteiger partial charge in [0, 0.05) is 13.0 Å². The Hall–Kier alpha value is -1.30. The molecule has 0 fully saturated rings. The molecule has 0 bridgehead atoms. The summed E-state index contributed by atoms with van der Waals surface area (Å²) in [6.07, 6.45) is 5.79. The Kier molecular flexibility index (Phi) is 9.00. The lowest BCUT2D eigenvalue weighted by Crippen LogP contribution is -2.37. The predicted octanol–water partition coefficient (Wildman–Crippen LogP) is 0.727. The first-order valence-corrected chi connectivity index (χ1v) is 5.51. The predicted molar refractivity (Wildman–Crippen MR) is 81.0 cm³/mol. The average molecular weight is 363 g/mol. The van der Waals surface area contributed by atoms with Gasteiger partial charge in [-0.3, -0.25) is 4.99 Å². The van der Waals surface area contributed by atoms with E-state index in [1.165, 1.54) is 0 Å². The van der Waals surface area contributed by atoms with E-state index >= 15 is 0 Å². The molecule has 18 heavy (non-hydrogen) atoms. The van der Waals surface area contributed by atoms with E-state index in [1.807, 2.05) is 6.92 Å². The second-order valence-electron chi connectivity index (χ2n) is 3.30. The molecule has 0 aromatic carbocycles. The molecule has 0 atom stereocenters. The van der Waals surface area contributed by atoms with Gasteiger partial charge in [0.1, 0.15) is 0 Å². The van der Waals surface area contributed by atoms with E-state index in [0.29, 0.717) is 37.2 Å². The van der Waals surface area contributed by atoms with Crippen LogP contribution in [0.3, 0.4) is 0 Å². The number of aryl methyl sites for hydroxylation is 1. The molecule has 0 aliphatic carbocycles. The average Bonchev–Trinajstić information content (AvgIpc) is 2.72. The fourth-order valence-corrected chi connectivity index (χ4v) is 1.18. The van der Waals surface area contributed by atoms with Crippen LogP contribution in [0.15, 0.2) is 9.52 Å². The molecule has 0 amide bonds. The summed E-state index contributed by atoms with van der Waals surface area (Å²) in [6.45, 7) is 5.59. The largest absolute Gasteiger partial charge is 0.357 e. The summed E-state index contributed by atoms with van der Waals surface area (Å²) < 4.78 is 4.98. The lowest BCUT2D eigenvalue weighted by molar-refractivity contribution is 0.376. The number of hydrogen-bond acceptors (Lipinski definition) is 4. The molecule has 0 spiro atoms. The van der Waals surface area contributed by atoms with Crippen LogP contribution in [-0.4, -0.2) is 35.7 Å². The van der Waals surface area contributed by atoms with Crippen molar-refractivity contribution in [3.8, 4) is 12.3 Å². The summed E-state index contributed by atoms with van der Waals surface area (Å²) in [6, 6.07) is 0. The second-order valence-corrected chi connectivity index (χ2v) is 3.30. The van der Waals surface area contributed by atoms with Gasteiger partial charge in [-0.15, -0.1) is 30.4 Å². The summed E-state index contributed by atoms with van der Waals surface area (Å²) in [5.74, 6) is 4.43. The van der Waals surface area contributed by atoms with Crippen LogP contribution in [0, 0.1) is 19.3 Å². The molecule has 1 aromatic rings. The van der Waals surface area contributed by atoms with Gasteiger partial charge >= 0.3 is 0 Å². The summed E-state index contributed by atoms with van der Waals surface area (Å²) in [5, 5.41) is 9.79. The van der Waals surface area contributed by atoms with Crippen molar-refractivity contribution in [2.75, 3.05) is 19.6 Å². The Balaban J connectivity index is 0.00000289. The van der Waals surface area contributed by atoms with Crippen LogP contribution < -0.4 is 10.6 Å². The Morgan fingerprint density at radius 1 is 1.50 bits per heavy atom. The number of nitrogens with one attached hydrogen (secondary N) is 2. The van der Waals surface area contributed by atoms with Crippen LogP contribution in [0.5, 0.6) is 0 Å². The van der Waals surface area contributed by atoms with Gasteiger partial charge in [-0.1, -0.05) is 11.1 Å². The molecule has 0 aliphatic heterocycles. The first kappa shape index (κ1) is 16.7. The maximum Gasteiger partial charge on any atom is 0.228 e. The van der Waals surface area contributed by atoms with Crippen molar-refractivity contribution < 1.29 is 4.52 Å². The maximum absolute atomic E-state index is 5.17. The number of guanidine groups is 1. The molecule has 6 nitrogen and oxygen atoms in total. The van der Waals surface area contributed by atoms with Gasteiger partial charge < -0.3 is 15.2 Å². The number of rotatable bonds is 5. The highest BCUT2D eigenvalue weighted by Gasteiger charge is 2.01. The molecule has 0 saturated heterocycles. The van der Waals surface area contributed by atoms with E-state index in [9.17, 15) is 0 Å². The lowest BCUT2D eigenvalue weighted by atomic mass is 10.4. The maximum atomic E-state index is 5.17. The molecular formula is C11H18IN5O. The van der Waals surface area contributed by atoms with Gasteiger partial charge in [0.05, 0.1) is 13.1 Å². The Labute approximate surface area is 124 Å². The van der Waals surface area contributed by atoms with Crippen molar-refractivity contribution in [1.82, 2.24) is 20.8 Å². The molecule has 0 radical (unpaired) electrons.